The number of benzene rings is 1. The Hall–Kier alpha value is -2.49. The number of hydrogen-bond acceptors (Lipinski definition) is 7. The third-order valence-electron chi connectivity index (χ3n) is 5.66. The van der Waals surface area contributed by atoms with Crippen LogP contribution in [-0.4, -0.2) is 63.6 Å². The number of aliphatic hydroxyl groups is 1. The quantitative estimate of drug-likeness (QED) is 0.657. The van der Waals surface area contributed by atoms with E-state index in [-0.39, 0.29) is 6.04 Å². The smallest absolute Gasteiger partial charge is 0.223 e. The molecule has 2 aliphatic rings. The van der Waals surface area contributed by atoms with Crippen molar-refractivity contribution in [3.8, 4) is 11.3 Å². The van der Waals surface area contributed by atoms with E-state index in [1.807, 2.05) is 22.6 Å². The summed E-state index contributed by atoms with van der Waals surface area (Å²) in [6.45, 7) is 2.55. The summed E-state index contributed by atoms with van der Waals surface area (Å²) in [4.78, 5) is 15.2. The summed E-state index contributed by atoms with van der Waals surface area (Å²) in [6.07, 6.45) is 2.44. The van der Waals surface area contributed by atoms with E-state index in [0.717, 1.165) is 25.5 Å². The molecule has 30 heavy (non-hydrogen) atoms. The summed E-state index contributed by atoms with van der Waals surface area (Å²) < 4.78 is 22.4. The van der Waals surface area contributed by atoms with Gasteiger partial charge in [0.2, 0.25) is 11.9 Å². The average Bonchev–Trinajstić information content (AvgIpc) is 3.12. The maximum atomic E-state index is 15.0. The van der Waals surface area contributed by atoms with Crippen molar-refractivity contribution in [3.05, 3.63) is 29.2 Å². The lowest BCUT2D eigenvalue weighted by Gasteiger charge is -2.28. The topological polar surface area (TPSA) is 88.3 Å². The molecule has 158 valence electrons. The first kappa shape index (κ1) is 19.5. The van der Waals surface area contributed by atoms with Crippen molar-refractivity contribution in [2.24, 2.45) is 0 Å². The van der Waals surface area contributed by atoms with Crippen LogP contribution in [0.5, 0.6) is 0 Å². The minimum atomic E-state index is -0.550. The second kappa shape index (κ2) is 7.64. The number of anilines is 2. The second-order valence-corrected chi connectivity index (χ2v) is 8.14. The number of rotatable bonds is 3. The van der Waals surface area contributed by atoms with Crippen molar-refractivity contribution in [1.29, 1.82) is 0 Å². The maximum Gasteiger partial charge on any atom is 0.223 e. The molecule has 0 bridgehead atoms. The Kier molecular flexibility index (Phi) is 4.96. The number of hydrogen-bond donors (Lipinski definition) is 2. The van der Waals surface area contributed by atoms with Gasteiger partial charge in [0, 0.05) is 32.3 Å². The van der Waals surface area contributed by atoms with Crippen LogP contribution in [-0.2, 0) is 11.3 Å². The standard InChI is InChI=1S/C20H22ClFN6O2/c1-27-4-2-5-28-15-8-11(7-13(22)18(15)26-20(27)28)17-12(21)9-23-19(25-17)24-14-10-30-6-3-16(14)29/h7-9,14,16,29H,2-6,10H2,1H3,(H,23,24,25)/t14-,16-/m1/s1. The molecule has 0 spiro atoms. The number of aliphatic hydroxyl groups excluding tert-OH is 1. The minimum Gasteiger partial charge on any atom is -0.391 e. The third-order valence-corrected chi connectivity index (χ3v) is 5.93. The summed E-state index contributed by atoms with van der Waals surface area (Å²) in [5.74, 6) is 0.646. The van der Waals surface area contributed by atoms with E-state index in [0.29, 0.717) is 52.9 Å². The first-order valence-corrected chi connectivity index (χ1v) is 10.4. The molecule has 1 saturated heterocycles. The summed E-state index contributed by atoms with van der Waals surface area (Å²) >= 11 is 6.37. The summed E-state index contributed by atoms with van der Waals surface area (Å²) in [6, 6.07) is 2.95. The molecule has 4 heterocycles. The third kappa shape index (κ3) is 3.36. The van der Waals surface area contributed by atoms with Crippen LogP contribution in [0.15, 0.2) is 18.3 Å². The Balaban J connectivity index is 1.55. The molecule has 5 rings (SSSR count). The van der Waals surface area contributed by atoms with E-state index in [1.54, 1.807) is 0 Å². The highest BCUT2D eigenvalue weighted by Crippen LogP contribution is 2.33. The summed E-state index contributed by atoms with van der Waals surface area (Å²) in [7, 11) is 1.96. The van der Waals surface area contributed by atoms with Crippen LogP contribution >= 0.6 is 11.6 Å². The average molecular weight is 433 g/mol. The van der Waals surface area contributed by atoms with Gasteiger partial charge in [-0.3, -0.25) is 0 Å². The molecule has 8 nitrogen and oxygen atoms in total. The molecular formula is C20H22ClFN6O2. The van der Waals surface area contributed by atoms with Crippen LogP contribution in [0.3, 0.4) is 0 Å². The van der Waals surface area contributed by atoms with Crippen molar-refractivity contribution in [1.82, 2.24) is 19.5 Å². The van der Waals surface area contributed by atoms with Crippen molar-refractivity contribution in [2.75, 3.05) is 37.0 Å². The molecule has 2 aromatic heterocycles. The predicted molar refractivity (Wildman–Crippen MR) is 112 cm³/mol. The van der Waals surface area contributed by atoms with Crippen molar-refractivity contribution < 1.29 is 14.2 Å². The zero-order valence-electron chi connectivity index (χ0n) is 16.5. The van der Waals surface area contributed by atoms with Gasteiger partial charge < -0.3 is 24.6 Å². The lowest BCUT2D eigenvalue weighted by atomic mass is 10.1. The normalized spacial score (nSPS) is 21.7. The van der Waals surface area contributed by atoms with Crippen LogP contribution in [0.25, 0.3) is 22.3 Å². The number of imidazole rings is 1. The fraction of sp³-hybridized carbons (Fsp3) is 0.450. The fourth-order valence-electron chi connectivity index (χ4n) is 4.05. The zero-order valence-corrected chi connectivity index (χ0v) is 17.2. The highest BCUT2D eigenvalue weighted by molar-refractivity contribution is 6.33. The Morgan fingerprint density at radius 2 is 2.17 bits per heavy atom. The predicted octanol–water partition coefficient (Wildman–Crippen LogP) is 2.69. The first-order valence-electron chi connectivity index (χ1n) is 9.97. The number of halogens is 2. The molecule has 0 radical (unpaired) electrons. The van der Waals surface area contributed by atoms with Gasteiger partial charge in [-0.1, -0.05) is 11.6 Å². The molecule has 2 N–H and O–H groups in total. The fourth-order valence-corrected chi connectivity index (χ4v) is 4.25. The molecule has 0 aliphatic carbocycles. The second-order valence-electron chi connectivity index (χ2n) is 7.74. The van der Waals surface area contributed by atoms with Gasteiger partial charge in [0.25, 0.3) is 0 Å². The van der Waals surface area contributed by atoms with E-state index in [9.17, 15) is 9.50 Å². The summed E-state index contributed by atoms with van der Waals surface area (Å²) in [5.41, 5.74) is 2.02. The number of aryl methyl sites for hydroxylation is 1. The van der Waals surface area contributed by atoms with Crippen molar-refractivity contribution in [2.45, 2.75) is 31.5 Å². The van der Waals surface area contributed by atoms with Gasteiger partial charge >= 0.3 is 0 Å². The number of ether oxygens (including phenoxy) is 1. The number of nitrogens with zero attached hydrogens (tertiary/aromatic N) is 5. The van der Waals surface area contributed by atoms with Gasteiger partial charge in [-0.05, 0) is 25.0 Å². The van der Waals surface area contributed by atoms with Gasteiger partial charge in [-0.15, -0.1) is 0 Å². The maximum absolute atomic E-state index is 15.0. The van der Waals surface area contributed by atoms with Crippen LogP contribution in [0.4, 0.5) is 16.3 Å². The van der Waals surface area contributed by atoms with E-state index in [2.05, 4.69) is 20.3 Å². The minimum absolute atomic E-state index is 0.305. The number of fused-ring (bicyclic) bond motifs is 3. The number of aromatic nitrogens is 4. The molecular weight excluding hydrogens is 411 g/mol. The van der Waals surface area contributed by atoms with Crippen LogP contribution in [0, 0.1) is 5.82 Å². The van der Waals surface area contributed by atoms with Gasteiger partial charge in [0.05, 0.1) is 41.2 Å². The summed E-state index contributed by atoms with van der Waals surface area (Å²) in [5, 5.41) is 13.6. The van der Waals surface area contributed by atoms with E-state index in [4.69, 9.17) is 16.3 Å². The van der Waals surface area contributed by atoms with Gasteiger partial charge in [-0.25, -0.2) is 19.3 Å². The lowest BCUT2D eigenvalue weighted by molar-refractivity contribution is 0.00293. The molecule has 0 amide bonds. The Bertz CT molecular complexity index is 1110. The zero-order chi connectivity index (χ0) is 20.8. The molecule has 2 atom stereocenters. The van der Waals surface area contributed by atoms with Crippen molar-refractivity contribution >= 4 is 34.5 Å². The van der Waals surface area contributed by atoms with E-state index in [1.165, 1.54) is 12.3 Å². The number of nitrogens with one attached hydrogen (secondary N) is 1. The highest BCUT2D eigenvalue weighted by atomic mass is 35.5. The van der Waals surface area contributed by atoms with Crippen LogP contribution in [0.2, 0.25) is 5.02 Å². The van der Waals surface area contributed by atoms with Crippen molar-refractivity contribution in [3.63, 3.8) is 0 Å². The largest absolute Gasteiger partial charge is 0.391 e. The molecule has 1 aromatic carbocycles. The molecule has 2 aliphatic heterocycles. The molecule has 0 unspecified atom stereocenters. The first-order chi connectivity index (χ1) is 14.5. The van der Waals surface area contributed by atoms with Gasteiger partial charge in [-0.2, -0.15) is 0 Å². The van der Waals surface area contributed by atoms with Crippen LogP contribution in [0.1, 0.15) is 12.8 Å². The Labute approximate surface area is 177 Å². The molecule has 10 heteroatoms. The van der Waals surface area contributed by atoms with E-state index < -0.39 is 11.9 Å². The van der Waals surface area contributed by atoms with Gasteiger partial charge in [0.15, 0.2) is 5.82 Å². The molecule has 3 aromatic rings. The van der Waals surface area contributed by atoms with E-state index >= 15 is 0 Å². The van der Waals surface area contributed by atoms with Crippen LogP contribution < -0.4 is 10.2 Å². The SMILES string of the molecule is CN1CCCn2c1nc1c(F)cc(-c3nc(N[C@@H]4COCC[C@H]4O)ncc3Cl)cc12. The molecule has 1 fully saturated rings. The van der Waals surface area contributed by atoms with Gasteiger partial charge in [0.1, 0.15) is 5.52 Å². The lowest BCUT2D eigenvalue weighted by Crippen LogP contribution is -2.42. The Morgan fingerprint density at radius 1 is 1.30 bits per heavy atom. The highest BCUT2D eigenvalue weighted by Gasteiger charge is 2.25. The molecule has 0 saturated carbocycles. The Morgan fingerprint density at radius 3 is 3.00 bits per heavy atom. The monoisotopic (exact) mass is 432 g/mol.